The fourth-order valence-electron chi connectivity index (χ4n) is 4.91. The molecule has 0 radical (unpaired) electrons. The minimum atomic E-state index is -0.846. The van der Waals surface area contributed by atoms with Crippen LogP contribution in [0.5, 0.6) is 11.5 Å². The predicted octanol–water partition coefficient (Wildman–Crippen LogP) is 4.05. The Bertz CT molecular complexity index is 1020. The van der Waals surface area contributed by atoms with E-state index < -0.39 is 11.9 Å². The van der Waals surface area contributed by atoms with Crippen LogP contribution in [0.2, 0.25) is 0 Å². The average molecular weight is 453 g/mol. The van der Waals surface area contributed by atoms with E-state index in [0.717, 1.165) is 29.7 Å². The Morgan fingerprint density at radius 1 is 1.15 bits per heavy atom. The fraction of sp³-hybridized carbons (Fsp3) is 0.462. The number of anilines is 1. The molecule has 0 spiro atoms. The minimum absolute atomic E-state index is 0.00336. The van der Waals surface area contributed by atoms with Crippen molar-refractivity contribution in [3.8, 4) is 11.5 Å². The van der Waals surface area contributed by atoms with Crippen LogP contribution in [0.3, 0.4) is 0 Å². The van der Waals surface area contributed by atoms with Gasteiger partial charge in [-0.05, 0) is 55.7 Å². The number of unbranched alkanes of at least 4 members (excludes halogenated alkanes) is 1. The number of benzene rings is 2. The van der Waals surface area contributed by atoms with E-state index in [1.165, 1.54) is 0 Å². The monoisotopic (exact) mass is 452 g/mol. The highest BCUT2D eigenvalue weighted by molar-refractivity contribution is 5.95. The summed E-state index contributed by atoms with van der Waals surface area (Å²) in [5, 5.41) is 10.0. The molecule has 33 heavy (non-hydrogen) atoms. The van der Waals surface area contributed by atoms with Gasteiger partial charge in [0.2, 0.25) is 12.7 Å². The Kier molecular flexibility index (Phi) is 6.88. The van der Waals surface area contributed by atoms with Gasteiger partial charge in [0, 0.05) is 30.7 Å². The highest BCUT2D eigenvalue weighted by Gasteiger charge is 2.45. The van der Waals surface area contributed by atoms with Crippen LogP contribution < -0.4 is 14.4 Å². The van der Waals surface area contributed by atoms with Crippen LogP contribution >= 0.6 is 0 Å². The van der Waals surface area contributed by atoms with E-state index in [2.05, 4.69) is 6.92 Å². The van der Waals surface area contributed by atoms with E-state index in [4.69, 9.17) is 9.47 Å². The zero-order valence-electron chi connectivity index (χ0n) is 19.5. The number of hydrogen-bond acceptors (Lipinski definition) is 5. The van der Waals surface area contributed by atoms with Crippen molar-refractivity contribution in [1.82, 2.24) is 4.90 Å². The lowest BCUT2D eigenvalue weighted by molar-refractivity contribution is -0.143. The summed E-state index contributed by atoms with van der Waals surface area (Å²) in [5.41, 5.74) is 2.89. The fourth-order valence-corrected chi connectivity index (χ4v) is 4.91. The summed E-state index contributed by atoms with van der Waals surface area (Å²) in [6, 6.07) is 13.3. The van der Waals surface area contributed by atoms with Gasteiger partial charge in [0.25, 0.3) is 0 Å². The van der Waals surface area contributed by atoms with Crippen LogP contribution in [0.25, 0.3) is 0 Å². The number of carbonyl (C=O) groups is 2. The van der Waals surface area contributed by atoms with Crippen LogP contribution in [0.1, 0.15) is 43.7 Å². The first-order valence-electron chi connectivity index (χ1n) is 11.6. The van der Waals surface area contributed by atoms with Gasteiger partial charge < -0.3 is 19.5 Å². The predicted molar refractivity (Wildman–Crippen MR) is 126 cm³/mol. The molecule has 2 aromatic rings. The normalized spacial score (nSPS) is 21.8. The SMILES string of the molecule is CCCCN(C(=O)CN1C[C@H](c2ccc3c(c2)OCO3)[C@@H](C(=O)O)[C@@H]1C)c1cccc(C)c1. The maximum absolute atomic E-state index is 13.4. The molecule has 7 heteroatoms. The smallest absolute Gasteiger partial charge is 0.308 e. The number of carboxylic acids is 1. The van der Waals surface area contributed by atoms with Crippen molar-refractivity contribution < 1.29 is 24.2 Å². The van der Waals surface area contributed by atoms with Crippen molar-refractivity contribution in [1.29, 1.82) is 0 Å². The standard InChI is InChI=1S/C26H32N2O5/c1-4-5-11-28(20-8-6-7-17(2)12-20)24(29)15-27-14-21(25(18(27)3)26(30)31)19-9-10-22-23(13-19)33-16-32-22/h6-10,12-13,18,21,25H,4-5,11,14-16H2,1-3H3,(H,30,31)/t18-,21+,25-/m0/s1. The molecule has 0 aliphatic carbocycles. The number of ether oxygens (including phenoxy) is 2. The molecule has 1 saturated heterocycles. The second-order valence-corrected chi connectivity index (χ2v) is 8.99. The van der Waals surface area contributed by atoms with Crippen molar-refractivity contribution in [3.05, 3.63) is 53.6 Å². The van der Waals surface area contributed by atoms with Gasteiger partial charge >= 0.3 is 5.97 Å². The van der Waals surface area contributed by atoms with Gasteiger partial charge in [-0.1, -0.05) is 31.5 Å². The van der Waals surface area contributed by atoms with Gasteiger partial charge in [-0.2, -0.15) is 0 Å². The molecule has 2 aliphatic rings. The molecule has 176 valence electrons. The zero-order chi connectivity index (χ0) is 23.5. The largest absolute Gasteiger partial charge is 0.481 e. The van der Waals surface area contributed by atoms with Gasteiger partial charge in [0.1, 0.15) is 0 Å². The number of aryl methyl sites for hydroxylation is 1. The third-order valence-electron chi connectivity index (χ3n) is 6.76. The second-order valence-electron chi connectivity index (χ2n) is 8.99. The first kappa shape index (κ1) is 23.1. The van der Waals surface area contributed by atoms with Gasteiger partial charge in [-0.3, -0.25) is 14.5 Å². The second kappa shape index (κ2) is 9.83. The van der Waals surface area contributed by atoms with E-state index in [0.29, 0.717) is 24.6 Å². The summed E-state index contributed by atoms with van der Waals surface area (Å²) in [6.45, 7) is 7.53. The molecule has 0 aromatic heterocycles. The maximum atomic E-state index is 13.4. The Morgan fingerprint density at radius 3 is 2.67 bits per heavy atom. The Labute approximate surface area is 194 Å². The summed E-state index contributed by atoms with van der Waals surface area (Å²) in [5.74, 6) is -0.375. The van der Waals surface area contributed by atoms with Gasteiger partial charge in [0.15, 0.2) is 11.5 Å². The molecule has 1 amide bonds. The Hall–Kier alpha value is -3.06. The molecular weight excluding hydrogens is 420 g/mol. The third-order valence-corrected chi connectivity index (χ3v) is 6.76. The molecule has 2 heterocycles. The lowest BCUT2D eigenvalue weighted by atomic mass is 9.85. The van der Waals surface area contributed by atoms with Crippen molar-refractivity contribution in [2.75, 3.05) is 31.3 Å². The van der Waals surface area contributed by atoms with Crippen LogP contribution in [-0.2, 0) is 9.59 Å². The van der Waals surface area contributed by atoms with Gasteiger partial charge in [-0.25, -0.2) is 0 Å². The summed E-state index contributed by atoms with van der Waals surface area (Å²) in [7, 11) is 0. The first-order chi connectivity index (χ1) is 15.9. The summed E-state index contributed by atoms with van der Waals surface area (Å²) < 4.78 is 10.9. The number of aliphatic carboxylic acids is 1. The van der Waals surface area contributed by atoms with Crippen molar-refractivity contribution in [3.63, 3.8) is 0 Å². The van der Waals surface area contributed by atoms with E-state index >= 15 is 0 Å². The topological polar surface area (TPSA) is 79.3 Å². The molecule has 1 N–H and O–H groups in total. The van der Waals surface area contributed by atoms with Crippen LogP contribution in [0.15, 0.2) is 42.5 Å². The molecule has 0 unspecified atom stereocenters. The first-order valence-corrected chi connectivity index (χ1v) is 11.6. The maximum Gasteiger partial charge on any atom is 0.308 e. The quantitative estimate of drug-likeness (QED) is 0.651. The lowest BCUT2D eigenvalue weighted by Crippen LogP contribution is -2.43. The molecule has 3 atom stereocenters. The molecule has 0 bridgehead atoms. The number of rotatable bonds is 8. The zero-order valence-corrected chi connectivity index (χ0v) is 19.5. The number of fused-ring (bicyclic) bond motifs is 1. The summed E-state index contributed by atoms with van der Waals surface area (Å²) in [4.78, 5) is 29.5. The molecule has 2 aromatic carbocycles. The van der Waals surface area contributed by atoms with Crippen molar-refractivity contribution >= 4 is 17.6 Å². The van der Waals surface area contributed by atoms with E-state index in [1.807, 2.05) is 66.1 Å². The number of amides is 1. The number of nitrogens with zero attached hydrogens (tertiary/aromatic N) is 2. The van der Waals surface area contributed by atoms with Crippen LogP contribution in [0, 0.1) is 12.8 Å². The van der Waals surface area contributed by atoms with Gasteiger partial charge in [0.05, 0.1) is 12.5 Å². The van der Waals surface area contributed by atoms with E-state index in [9.17, 15) is 14.7 Å². The molecule has 0 saturated carbocycles. The van der Waals surface area contributed by atoms with Crippen LogP contribution in [0.4, 0.5) is 5.69 Å². The van der Waals surface area contributed by atoms with Gasteiger partial charge in [-0.15, -0.1) is 0 Å². The summed E-state index contributed by atoms with van der Waals surface area (Å²) >= 11 is 0. The number of likely N-dealkylation sites (tertiary alicyclic amines) is 1. The van der Waals surface area contributed by atoms with Crippen LogP contribution in [-0.4, -0.2) is 54.4 Å². The lowest BCUT2D eigenvalue weighted by Gasteiger charge is -2.28. The van der Waals surface area contributed by atoms with Crippen molar-refractivity contribution in [2.45, 2.75) is 45.6 Å². The molecule has 7 nitrogen and oxygen atoms in total. The van der Waals surface area contributed by atoms with E-state index in [-0.39, 0.29) is 31.2 Å². The number of carboxylic acid groups (broad SMARTS) is 1. The third kappa shape index (κ3) is 4.83. The summed E-state index contributed by atoms with van der Waals surface area (Å²) in [6.07, 6.45) is 1.90. The number of hydrogen-bond donors (Lipinski definition) is 1. The highest BCUT2D eigenvalue weighted by Crippen LogP contribution is 2.41. The Morgan fingerprint density at radius 2 is 1.94 bits per heavy atom. The molecular formula is C26H32N2O5. The highest BCUT2D eigenvalue weighted by atomic mass is 16.7. The minimum Gasteiger partial charge on any atom is -0.481 e. The Balaban J connectivity index is 1.55. The molecule has 4 rings (SSSR count). The number of carbonyl (C=O) groups excluding carboxylic acids is 1. The van der Waals surface area contributed by atoms with E-state index in [1.54, 1.807) is 0 Å². The molecule has 2 aliphatic heterocycles. The molecule has 1 fully saturated rings. The van der Waals surface area contributed by atoms with Crippen molar-refractivity contribution in [2.24, 2.45) is 5.92 Å². The average Bonchev–Trinajstić information content (AvgIpc) is 3.38.